The third-order valence-electron chi connectivity index (χ3n) is 4.78. The molecular weight excluding hydrogens is 426 g/mol. The van der Waals surface area contributed by atoms with E-state index in [2.05, 4.69) is 10.3 Å². The minimum absolute atomic E-state index is 0.0268. The van der Waals surface area contributed by atoms with Crippen LogP contribution in [0.15, 0.2) is 48.5 Å². The summed E-state index contributed by atoms with van der Waals surface area (Å²) in [6, 6.07) is 14.7. The van der Waals surface area contributed by atoms with Crippen molar-refractivity contribution < 1.29 is 14.2 Å². The minimum Gasteiger partial charge on any atom is -0.508 e. The summed E-state index contributed by atoms with van der Waals surface area (Å²) in [7, 11) is 0. The van der Waals surface area contributed by atoms with Gasteiger partial charge >= 0.3 is 0 Å². The number of halogens is 3. The Morgan fingerprint density at radius 2 is 1.77 bits per heavy atom. The molecule has 1 aromatic heterocycles. The molecule has 0 aliphatic heterocycles. The molecule has 1 unspecified atom stereocenters. The zero-order valence-electron chi connectivity index (χ0n) is 16.9. The number of hydrogen-bond donors (Lipinski definition) is 2. The maximum atomic E-state index is 14.4. The number of phenolic OH excluding ortho intramolecular Hbond substituents is 1. The Balaban J connectivity index is 1.86. The smallest absolute Gasteiger partial charge is 0.237 e. The monoisotopic (exact) mass is 448 g/mol. The van der Waals surface area contributed by atoms with Crippen molar-refractivity contribution in [2.24, 2.45) is 0 Å². The maximum Gasteiger partial charge on any atom is 0.237 e. The van der Waals surface area contributed by atoms with E-state index in [4.69, 9.17) is 27.9 Å². The van der Waals surface area contributed by atoms with Gasteiger partial charge in [-0.15, -0.1) is 0 Å². The van der Waals surface area contributed by atoms with E-state index in [0.29, 0.717) is 17.9 Å². The van der Waals surface area contributed by atoms with Crippen LogP contribution in [0.4, 0.5) is 10.2 Å². The predicted molar refractivity (Wildman–Crippen MR) is 120 cm³/mol. The summed E-state index contributed by atoms with van der Waals surface area (Å²) >= 11 is 12.5. The molecule has 0 saturated carbocycles. The van der Waals surface area contributed by atoms with Crippen molar-refractivity contribution in [3.05, 3.63) is 75.7 Å². The number of aromatic nitrogens is 1. The van der Waals surface area contributed by atoms with E-state index in [1.807, 2.05) is 51.1 Å². The highest BCUT2D eigenvalue weighted by molar-refractivity contribution is 6.38. The number of nitrogens with one attached hydrogen (secondary N) is 1. The fourth-order valence-electron chi connectivity index (χ4n) is 3.03. The molecular formula is C23H23Cl2FN2O2. The predicted octanol–water partition coefficient (Wildman–Crippen LogP) is 7.36. The fourth-order valence-corrected chi connectivity index (χ4v) is 3.49. The van der Waals surface area contributed by atoms with Gasteiger partial charge < -0.3 is 15.2 Å². The number of rotatable bonds is 7. The normalized spacial score (nSPS) is 12.1. The highest BCUT2D eigenvalue weighted by Gasteiger charge is 2.21. The van der Waals surface area contributed by atoms with E-state index in [-0.39, 0.29) is 39.2 Å². The van der Waals surface area contributed by atoms with Gasteiger partial charge in [-0.3, -0.25) is 0 Å². The van der Waals surface area contributed by atoms with Crippen molar-refractivity contribution in [2.45, 2.75) is 32.6 Å². The highest BCUT2D eigenvalue weighted by Crippen LogP contribution is 2.42. The molecule has 0 aliphatic carbocycles. The quantitative estimate of drug-likeness (QED) is 0.370. The van der Waals surface area contributed by atoms with Crippen LogP contribution in [0.5, 0.6) is 17.2 Å². The number of nitrogens with zero attached hydrogens (tertiary/aromatic N) is 1. The second kappa shape index (κ2) is 9.54. The van der Waals surface area contributed by atoms with Crippen LogP contribution in [-0.2, 0) is 0 Å². The lowest BCUT2D eigenvalue weighted by Crippen LogP contribution is -2.12. The lowest BCUT2D eigenvalue weighted by molar-refractivity contribution is 0.452. The molecule has 1 heterocycles. The van der Waals surface area contributed by atoms with Gasteiger partial charge in [0.2, 0.25) is 5.95 Å². The molecule has 2 N–H and O–H groups in total. The van der Waals surface area contributed by atoms with Crippen LogP contribution in [0.3, 0.4) is 0 Å². The van der Waals surface area contributed by atoms with Crippen molar-refractivity contribution in [1.29, 1.82) is 0 Å². The number of anilines is 1. The second-order valence-corrected chi connectivity index (χ2v) is 8.13. The first-order chi connectivity index (χ1) is 14.3. The average Bonchev–Trinajstić information content (AvgIpc) is 2.74. The molecule has 4 nitrogen and oxygen atoms in total. The summed E-state index contributed by atoms with van der Waals surface area (Å²) < 4.78 is 20.2. The molecule has 3 rings (SSSR count). The Labute approximate surface area is 185 Å². The molecule has 1 atom stereocenters. The van der Waals surface area contributed by atoms with Gasteiger partial charge in [0.1, 0.15) is 21.5 Å². The number of hydrogen-bond acceptors (Lipinski definition) is 4. The van der Waals surface area contributed by atoms with Crippen molar-refractivity contribution in [1.82, 2.24) is 4.98 Å². The van der Waals surface area contributed by atoms with Gasteiger partial charge in [-0.2, -0.15) is 9.37 Å². The Bertz CT molecular complexity index is 1030. The second-order valence-electron chi connectivity index (χ2n) is 7.38. The molecule has 7 heteroatoms. The van der Waals surface area contributed by atoms with E-state index >= 15 is 0 Å². The van der Waals surface area contributed by atoms with Crippen LogP contribution in [0, 0.1) is 5.95 Å². The zero-order valence-corrected chi connectivity index (χ0v) is 18.4. The topological polar surface area (TPSA) is 54.4 Å². The summed E-state index contributed by atoms with van der Waals surface area (Å²) in [5.74, 6) is 0.0135. The lowest BCUT2D eigenvalue weighted by atomic mass is 10.0. The average molecular weight is 449 g/mol. The van der Waals surface area contributed by atoms with Crippen molar-refractivity contribution in [2.75, 3.05) is 11.9 Å². The number of pyridine rings is 1. The Hall–Kier alpha value is -2.50. The molecule has 0 bridgehead atoms. The molecule has 0 spiro atoms. The molecule has 3 aromatic rings. The largest absolute Gasteiger partial charge is 0.508 e. The van der Waals surface area contributed by atoms with Gasteiger partial charge in [-0.05, 0) is 35.6 Å². The first-order valence-electron chi connectivity index (χ1n) is 9.62. The van der Waals surface area contributed by atoms with E-state index < -0.39 is 5.95 Å². The third kappa shape index (κ3) is 4.97. The molecule has 0 fully saturated rings. The van der Waals surface area contributed by atoms with Gasteiger partial charge in [0.05, 0.1) is 0 Å². The molecule has 30 heavy (non-hydrogen) atoms. The molecule has 2 aromatic carbocycles. The SMILES string of the molecule is CC(C)c1cc(Oc2c(Cl)c(F)nc(NCC(C)c3ccccc3)c2Cl)ccc1O. The molecule has 0 saturated heterocycles. The summed E-state index contributed by atoms with van der Waals surface area (Å²) in [4.78, 5) is 3.84. The minimum atomic E-state index is -0.881. The maximum absolute atomic E-state index is 14.4. The van der Waals surface area contributed by atoms with Crippen molar-refractivity contribution in [3.63, 3.8) is 0 Å². The third-order valence-corrected chi connectivity index (χ3v) is 5.46. The van der Waals surface area contributed by atoms with Gasteiger partial charge in [-0.1, -0.05) is 74.3 Å². The van der Waals surface area contributed by atoms with Crippen LogP contribution in [0.1, 0.15) is 43.7 Å². The molecule has 0 amide bonds. The van der Waals surface area contributed by atoms with E-state index in [0.717, 1.165) is 5.56 Å². The Kier molecular flexibility index (Phi) is 7.06. The molecule has 0 aliphatic rings. The Morgan fingerprint density at radius 1 is 1.07 bits per heavy atom. The summed E-state index contributed by atoms with van der Waals surface area (Å²) in [6.45, 7) is 6.43. The first kappa shape index (κ1) is 22.2. The molecule has 158 valence electrons. The van der Waals surface area contributed by atoms with Gasteiger partial charge in [0.15, 0.2) is 11.6 Å². The van der Waals surface area contributed by atoms with Crippen molar-refractivity contribution >= 4 is 29.0 Å². The zero-order chi connectivity index (χ0) is 21.8. The van der Waals surface area contributed by atoms with Crippen LogP contribution in [-0.4, -0.2) is 16.6 Å². The van der Waals surface area contributed by atoms with Crippen LogP contribution in [0.2, 0.25) is 10.0 Å². The number of ether oxygens (including phenoxy) is 1. The molecule has 0 radical (unpaired) electrons. The summed E-state index contributed by atoms with van der Waals surface area (Å²) in [5.41, 5.74) is 1.83. The summed E-state index contributed by atoms with van der Waals surface area (Å²) in [5, 5.41) is 12.9. The number of benzene rings is 2. The standard InChI is InChI=1S/C23H23Cl2FN2O2/c1-13(2)17-11-16(9-10-18(17)29)30-21-19(24)22(26)28-23(20(21)25)27-12-14(3)15-7-5-4-6-8-15/h4-11,13-14,29H,12H2,1-3H3,(H,27,28). The summed E-state index contributed by atoms with van der Waals surface area (Å²) in [6.07, 6.45) is 0. The lowest BCUT2D eigenvalue weighted by Gasteiger charge is -2.17. The van der Waals surface area contributed by atoms with Gasteiger partial charge in [0, 0.05) is 12.1 Å². The van der Waals surface area contributed by atoms with Gasteiger partial charge in [-0.25, -0.2) is 0 Å². The van der Waals surface area contributed by atoms with Gasteiger partial charge in [0.25, 0.3) is 0 Å². The van der Waals surface area contributed by atoms with Crippen LogP contribution < -0.4 is 10.1 Å². The van der Waals surface area contributed by atoms with Crippen molar-refractivity contribution in [3.8, 4) is 17.2 Å². The van der Waals surface area contributed by atoms with E-state index in [1.165, 1.54) is 6.07 Å². The number of phenols is 1. The van der Waals surface area contributed by atoms with E-state index in [9.17, 15) is 9.50 Å². The highest BCUT2D eigenvalue weighted by atomic mass is 35.5. The van der Waals surface area contributed by atoms with Crippen LogP contribution in [0.25, 0.3) is 0 Å². The van der Waals surface area contributed by atoms with E-state index in [1.54, 1.807) is 12.1 Å². The van der Waals surface area contributed by atoms with Crippen LogP contribution >= 0.6 is 23.2 Å². The Morgan fingerprint density at radius 3 is 2.43 bits per heavy atom. The number of aromatic hydroxyl groups is 1. The fraction of sp³-hybridized carbons (Fsp3) is 0.261. The first-order valence-corrected chi connectivity index (χ1v) is 10.4.